The molecule has 0 radical (unpaired) electrons. The molecule has 1 fully saturated rings. The SMILES string of the molecule is Cc1ccnc(C2(O)CC(C)C2)c1. The van der Waals surface area contributed by atoms with E-state index in [0.29, 0.717) is 5.92 Å². The van der Waals surface area contributed by atoms with Crippen LogP contribution < -0.4 is 0 Å². The second-order valence-electron chi connectivity index (χ2n) is 4.26. The summed E-state index contributed by atoms with van der Waals surface area (Å²) in [5, 5.41) is 10.1. The fraction of sp³-hybridized carbons (Fsp3) is 0.545. The third-order valence-electron chi connectivity index (χ3n) is 2.76. The molecule has 2 rings (SSSR count). The lowest BCUT2D eigenvalue weighted by atomic mass is 9.70. The molecule has 0 bridgehead atoms. The van der Waals surface area contributed by atoms with E-state index in [9.17, 15) is 5.11 Å². The molecule has 2 heteroatoms. The highest BCUT2D eigenvalue weighted by Gasteiger charge is 2.42. The van der Waals surface area contributed by atoms with Gasteiger partial charge in [-0.15, -0.1) is 0 Å². The Balaban J connectivity index is 2.26. The van der Waals surface area contributed by atoms with Crippen LogP contribution in [0.5, 0.6) is 0 Å². The summed E-state index contributed by atoms with van der Waals surface area (Å²) in [6, 6.07) is 3.93. The summed E-state index contributed by atoms with van der Waals surface area (Å²) in [4.78, 5) is 4.22. The summed E-state index contributed by atoms with van der Waals surface area (Å²) in [7, 11) is 0. The van der Waals surface area contributed by atoms with Crippen LogP contribution in [-0.4, -0.2) is 10.1 Å². The van der Waals surface area contributed by atoms with Gasteiger partial charge in [0.15, 0.2) is 0 Å². The van der Waals surface area contributed by atoms with Crippen molar-refractivity contribution in [3.8, 4) is 0 Å². The van der Waals surface area contributed by atoms with E-state index in [1.165, 1.54) is 0 Å². The summed E-state index contributed by atoms with van der Waals surface area (Å²) >= 11 is 0. The topological polar surface area (TPSA) is 33.1 Å². The van der Waals surface area contributed by atoms with E-state index in [1.54, 1.807) is 6.20 Å². The van der Waals surface area contributed by atoms with Crippen molar-refractivity contribution in [2.75, 3.05) is 0 Å². The van der Waals surface area contributed by atoms with Crippen molar-refractivity contribution in [3.05, 3.63) is 29.6 Å². The zero-order chi connectivity index (χ0) is 9.47. The van der Waals surface area contributed by atoms with Crippen molar-refractivity contribution in [2.45, 2.75) is 32.3 Å². The number of aliphatic hydroxyl groups is 1. The Hall–Kier alpha value is -0.890. The van der Waals surface area contributed by atoms with Crippen LogP contribution in [0.25, 0.3) is 0 Å². The highest BCUT2D eigenvalue weighted by atomic mass is 16.3. The van der Waals surface area contributed by atoms with Crippen molar-refractivity contribution >= 4 is 0 Å². The van der Waals surface area contributed by atoms with Crippen LogP contribution in [0.2, 0.25) is 0 Å². The molecule has 1 saturated carbocycles. The molecule has 13 heavy (non-hydrogen) atoms. The molecule has 0 atom stereocenters. The average Bonchev–Trinajstić information content (AvgIpc) is 2.02. The van der Waals surface area contributed by atoms with Gasteiger partial charge in [-0.25, -0.2) is 0 Å². The van der Waals surface area contributed by atoms with Gasteiger partial charge in [0.1, 0.15) is 5.60 Å². The molecule has 0 aliphatic heterocycles. The number of aryl methyl sites for hydroxylation is 1. The quantitative estimate of drug-likeness (QED) is 0.711. The number of aromatic nitrogens is 1. The first-order chi connectivity index (χ1) is 6.10. The number of hydrogen-bond acceptors (Lipinski definition) is 2. The van der Waals surface area contributed by atoms with E-state index in [2.05, 4.69) is 11.9 Å². The minimum absolute atomic E-state index is 0.632. The van der Waals surface area contributed by atoms with Crippen LogP contribution in [0.4, 0.5) is 0 Å². The average molecular weight is 177 g/mol. The Labute approximate surface area is 78.6 Å². The maximum atomic E-state index is 10.1. The molecular formula is C11H15NO. The minimum Gasteiger partial charge on any atom is -0.384 e. The lowest BCUT2D eigenvalue weighted by Crippen LogP contribution is -2.40. The monoisotopic (exact) mass is 177 g/mol. The summed E-state index contributed by atoms with van der Waals surface area (Å²) in [6.07, 6.45) is 3.47. The molecule has 1 aromatic heterocycles. The first kappa shape index (κ1) is 8.70. The molecule has 70 valence electrons. The highest BCUT2D eigenvalue weighted by molar-refractivity contribution is 5.22. The van der Waals surface area contributed by atoms with Crippen molar-refractivity contribution in [1.82, 2.24) is 4.98 Å². The molecule has 0 spiro atoms. The summed E-state index contributed by atoms with van der Waals surface area (Å²) in [6.45, 7) is 4.18. The van der Waals surface area contributed by atoms with Gasteiger partial charge in [0, 0.05) is 6.20 Å². The van der Waals surface area contributed by atoms with Gasteiger partial charge in [-0.05, 0) is 43.4 Å². The van der Waals surface area contributed by atoms with E-state index >= 15 is 0 Å². The van der Waals surface area contributed by atoms with Gasteiger partial charge in [0.25, 0.3) is 0 Å². The standard InChI is InChI=1S/C11H15NO/c1-8-3-4-12-10(5-8)11(13)6-9(2)7-11/h3-5,9,13H,6-7H2,1-2H3. The van der Waals surface area contributed by atoms with E-state index < -0.39 is 5.60 Å². The Kier molecular flexibility index (Phi) is 1.88. The smallest absolute Gasteiger partial charge is 0.107 e. The molecule has 1 N–H and O–H groups in total. The first-order valence-corrected chi connectivity index (χ1v) is 4.76. The summed E-state index contributed by atoms with van der Waals surface area (Å²) < 4.78 is 0. The number of rotatable bonds is 1. The van der Waals surface area contributed by atoms with Crippen LogP contribution in [0, 0.1) is 12.8 Å². The Morgan fingerprint density at radius 1 is 1.54 bits per heavy atom. The van der Waals surface area contributed by atoms with Crippen LogP contribution in [-0.2, 0) is 5.60 Å². The van der Waals surface area contributed by atoms with Gasteiger partial charge in [-0.2, -0.15) is 0 Å². The van der Waals surface area contributed by atoms with Crippen LogP contribution in [0.1, 0.15) is 31.0 Å². The Morgan fingerprint density at radius 3 is 2.77 bits per heavy atom. The van der Waals surface area contributed by atoms with E-state index in [1.807, 2.05) is 19.1 Å². The van der Waals surface area contributed by atoms with Crippen LogP contribution >= 0.6 is 0 Å². The third kappa shape index (κ3) is 1.46. The van der Waals surface area contributed by atoms with E-state index in [-0.39, 0.29) is 0 Å². The van der Waals surface area contributed by atoms with Crippen molar-refractivity contribution in [3.63, 3.8) is 0 Å². The molecule has 0 amide bonds. The minimum atomic E-state index is -0.633. The summed E-state index contributed by atoms with van der Waals surface area (Å²) in [5.41, 5.74) is 1.37. The predicted octanol–water partition coefficient (Wildman–Crippen LogP) is 2.01. The maximum Gasteiger partial charge on any atom is 0.107 e. The molecule has 0 saturated heterocycles. The van der Waals surface area contributed by atoms with Gasteiger partial charge in [0.2, 0.25) is 0 Å². The van der Waals surface area contributed by atoms with Crippen molar-refractivity contribution in [2.24, 2.45) is 5.92 Å². The largest absolute Gasteiger partial charge is 0.384 e. The van der Waals surface area contributed by atoms with Crippen LogP contribution in [0.3, 0.4) is 0 Å². The molecular weight excluding hydrogens is 162 g/mol. The maximum absolute atomic E-state index is 10.1. The predicted molar refractivity (Wildman–Crippen MR) is 51.3 cm³/mol. The molecule has 1 aliphatic rings. The Bertz CT molecular complexity index is 316. The highest BCUT2D eigenvalue weighted by Crippen LogP contribution is 2.44. The first-order valence-electron chi connectivity index (χ1n) is 4.76. The van der Waals surface area contributed by atoms with Gasteiger partial charge in [-0.1, -0.05) is 6.92 Å². The lowest BCUT2D eigenvalue weighted by Gasteiger charge is -2.41. The second kappa shape index (κ2) is 2.81. The van der Waals surface area contributed by atoms with E-state index in [0.717, 1.165) is 24.1 Å². The Morgan fingerprint density at radius 2 is 2.23 bits per heavy atom. The number of pyridine rings is 1. The third-order valence-corrected chi connectivity index (χ3v) is 2.76. The molecule has 0 unspecified atom stereocenters. The van der Waals surface area contributed by atoms with Gasteiger partial charge in [0.05, 0.1) is 5.69 Å². The molecule has 1 aromatic rings. The normalized spacial score (nSPS) is 32.7. The second-order valence-corrected chi connectivity index (χ2v) is 4.26. The number of hydrogen-bond donors (Lipinski definition) is 1. The zero-order valence-corrected chi connectivity index (χ0v) is 8.12. The van der Waals surface area contributed by atoms with Crippen molar-refractivity contribution in [1.29, 1.82) is 0 Å². The van der Waals surface area contributed by atoms with Crippen LogP contribution in [0.15, 0.2) is 18.3 Å². The van der Waals surface area contributed by atoms with Crippen molar-refractivity contribution < 1.29 is 5.11 Å². The number of nitrogens with zero attached hydrogens (tertiary/aromatic N) is 1. The summed E-state index contributed by atoms with van der Waals surface area (Å²) in [5.74, 6) is 0.632. The lowest BCUT2D eigenvalue weighted by molar-refractivity contribution is -0.0773. The van der Waals surface area contributed by atoms with Gasteiger partial charge < -0.3 is 5.11 Å². The fourth-order valence-electron chi connectivity index (χ4n) is 2.09. The fourth-order valence-corrected chi connectivity index (χ4v) is 2.09. The molecule has 0 aromatic carbocycles. The molecule has 1 aliphatic carbocycles. The molecule has 1 heterocycles. The van der Waals surface area contributed by atoms with Gasteiger partial charge >= 0.3 is 0 Å². The zero-order valence-electron chi connectivity index (χ0n) is 8.12. The molecule has 2 nitrogen and oxygen atoms in total. The van der Waals surface area contributed by atoms with E-state index in [4.69, 9.17) is 0 Å². The van der Waals surface area contributed by atoms with Gasteiger partial charge in [-0.3, -0.25) is 4.98 Å².